The molecule has 1 unspecified atom stereocenters. The molecule has 2 atom stereocenters. The second-order valence-corrected chi connectivity index (χ2v) is 10.6. The molecule has 4 rings (SSSR count). The van der Waals surface area contributed by atoms with Crippen molar-refractivity contribution in [2.45, 2.75) is 64.1 Å². The molecule has 1 aromatic heterocycles. The van der Waals surface area contributed by atoms with E-state index < -0.39 is 11.7 Å². The Bertz CT molecular complexity index is 1320. The van der Waals surface area contributed by atoms with Crippen LogP contribution in [0.15, 0.2) is 54.7 Å². The molecule has 35 heavy (non-hydrogen) atoms. The van der Waals surface area contributed by atoms with Crippen molar-refractivity contribution in [2.75, 3.05) is 6.54 Å². The van der Waals surface area contributed by atoms with Crippen LogP contribution in [0.3, 0.4) is 0 Å². The van der Waals surface area contributed by atoms with Gasteiger partial charge in [-0.1, -0.05) is 51.1 Å². The minimum atomic E-state index is -1.58. The number of nitrogens with zero attached hydrogens (tertiary/aromatic N) is 3. The zero-order valence-electron chi connectivity index (χ0n) is 20.6. The van der Waals surface area contributed by atoms with Gasteiger partial charge in [0.2, 0.25) is 5.91 Å². The summed E-state index contributed by atoms with van der Waals surface area (Å²) in [6, 6.07) is 17.1. The molecule has 2 heterocycles. The van der Waals surface area contributed by atoms with Gasteiger partial charge in [0.15, 0.2) is 5.78 Å². The molecule has 180 valence electrons. The van der Waals surface area contributed by atoms with E-state index in [0.717, 1.165) is 16.5 Å². The molecule has 1 saturated heterocycles. The fourth-order valence-corrected chi connectivity index (χ4v) is 4.65. The molecule has 3 aromatic rings. The number of aromatic nitrogens is 1. The van der Waals surface area contributed by atoms with Crippen LogP contribution in [-0.4, -0.2) is 39.8 Å². The highest BCUT2D eigenvalue weighted by Crippen LogP contribution is 2.32. The van der Waals surface area contributed by atoms with Crippen molar-refractivity contribution in [1.29, 1.82) is 5.26 Å². The average molecular weight is 472 g/mol. The Labute approximate surface area is 205 Å². The quantitative estimate of drug-likeness (QED) is 0.427. The van der Waals surface area contributed by atoms with E-state index in [1.807, 2.05) is 24.3 Å². The number of benzene rings is 2. The first kappa shape index (κ1) is 24.5. The minimum absolute atomic E-state index is 0.00229. The van der Waals surface area contributed by atoms with Gasteiger partial charge in [0, 0.05) is 36.4 Å². The van der Waals surface area contributed by atoms with Crippen LogP contribution in [0.1, 0.15) is 62.9 Å². The van der Waals surface area contributed by atoms with Crippen LogP contribution < -0.4 is 0 Å². The molecule has 0 bridgehead atoms. The second kappa shape index (κ2) is 9.22. The monoisotopic (exact) mass is 471 g/mol. The summed E-state index contributed by atoms with van der Waals surface area (Å²) >= 11 is 0. The van der Waals surface area contributed by atoms with E-state index in [1.54, 1.807) is 12.3 Å². The number of pyridine rings is 1. The number of fused-ring (bicyclic) bond motifs is 1. The highest BCUT2D eigenvalue weighted by Gasteiger charge is 2.43. The van der Waals surface area contributed by atoms with Gasteiger partial charge in [0.1, 0.15) is 11.7 Å². The van der Waals surface area contributed by atoms with Crippen molar-refractivity contribution in [3.05, 3.63) is 65.9 Å². The van der Waals surface area contributed by atoms with Gasteiger partial charge in [-0.3, -0.25) is 14.6 Å². The van der Waals surface area contributed by atoms with Crippen molar-refractivity contribution in [3.8, 4) is 17.2 Å². The van der Waals surface area contributed by atoms with Gasteiger partial charge < -0.3 is 4.90 Å². The second-order valence-electron chi connectivity index (χ2n) is 10.6. The largest absolute Gasteiger partial charge is 0.323 e. The van der Waals surface area contributed by atoms with E-state index >= 15 is 0 Å². The van der Waals surface area contributed by atoms with E-state index in [1.165, 1.54) is 17.4 Å². The van der Waals surface area contributed by atoms with Gasteiger partial charge in [0.05, 0.1) is 18.1 Å². The highest BCUT2D eigenvalue weighted by atomic mass is 19.1. The topological polar surface area (TPSA) is 74.1 Å². The highest BCUT2D eigenvalue weighted by molar-refractivity contribution is 6.08. The predicted octanol–water partition coefficient (Wildman–Crippen LogP) is 6.01. The maximum absolute atomic E-state index is 14.3. The number of hydrogen-bond donors (Lipinski definition) is 0. The molecule has 0 saturated carbocycles. The Morgan fingerprint density at radius 2 is 1.80 bits per heavy atom. The Morgan fingerprint density at radius 3 is 2.46 bits per heavy atom. The van der Waals surface area contributed by atoms with Gasteiger partial charge in [0.25, 0.3) is 0 Å². The van der Waals surface area contributed by atoms with E-state index in [4.69, 9.17) is 0 Å². The van der Waals surface area contributed by atoms with E-state index in [9.17, 15) is 19.2 Å². The molecule has 0 N–H and O–H groups in total. The zero-order chi connectivity index (χ0) is 25.4. The van der Waals surface area contributed by atoms with Crippen molar-refractivity contribution >= 4 is 22.6 Å². The first-order valence-corrected chi connectivity index (χ1v) is 11.9. The summed E-state index contributed by atoms with van der Waals surface area (Å²) < 4.78 is 14.3. The van der Waals surface area contributed by atoms with E-state index in [-0.39, 0.29) is 42.9 Å². The van der Waals surface area contributed by atoms with E-state index in [0.29, 0.717) is 11.1 Å². The van der Waals surface area contributed by atoms with Crippen LogP contribution in [0.2, 0.25) is 0 Å². The maximum atomic E-state index is 14.3. The van der Waals surface area contributed by atoms with Crippen LogP contribution in [0, 0.1) is 11.3 Å². The van der Waals surface area contributed by atoms with Crippen LogP contribution in [0.25, 0.3) is 22.0 Å². The number of rotatable bonds is 5. The molecule has 0 aliphatic carbocycles. The third kappa shape index (κ3) is 5.24. The third-order valence-corrected chi connectivity index (χ3v) is 6.66. The van der Waals surface area contributed by atoms with Crippen molar-refractivity contribution in [3.63, 3.8) is 0 Å². The minimum Gasteiger partial charge on any atom is -0.323 e. The van der Waals surface area contributed by atoms with Crippen LogP contribution in [0.5, 0.6) is 0 Å². The van der Waals surface area contributed by atoms with Gasteiger partial charge in [-0.15, -0.1) is 0 Å². The van der Waals surface area contributed by atoms with Crippen LogP contribution in [0.4, 0.5) is 4.39 Å². The Kier molecular flexibility index (Phi) is 6.46. The molecule has 0 spiro atoms. The molecule has 1 amide bonds. The number of halogens is 1. The standard InChI is InChI=1S/C29H30FN3O2/c1-28(2,3)21-8-5-19(6-9-21)20-7-10-25-24(15-20)23(13-14-32-25)26(34)11-12-27(35)33-18-29(4,30)16-22(33)17-31/h5-10,13-15,22H,11-12,16,18H2,1-4H3/t22-,29?/m0/s1. The fraction of sp³-hybridized carbons (Fsp3) is 0.379. The summed E-state index contributed by atoms with van der Waals surface area (Å²) in [7, 11) is 0. The summed E-state index contributed by atoms with van der Waals surface area (Å²) in [5, 5.41) is 10.0. The summed E-state index contributed by atoms with van der Waals surface area (Å²) in [5.74, 6) is -0.550. The summed E-state index contributed by atoms with van der Waals surface area (Å²) in [5.41, 5.74) is 2.96. The lowest BCUT2D eigenvalue weighted by molar-refractivity contribution is -0.131. The number of likely N-dealkylation sites (tertiary alicyclic amines) is 1. The number of hydrogen-bond acceptors (Lipinski definition) is 4. The molecule has 2 aromatic carbocycles. The summed E-state index contributed by atoms with van der Waals surface area (Å²) in [6.45, 7) is 7.80. The lowest BCUT2D eigenvalue weighted by atomic mass is 9.86. The SMILES string of the molecule is CC1(F)C[C@@H](C#N)N(C(=O)CCC(=O)c2ccnc3ccc(-c4ccc(C(C)(C)C)cc4)cc23)C1. The molecule has 1 aliphatic heterocycles. The fourth-order valence-electron chi connectivity index (χ4n) is 4.65. The molecule has 5 nitrogen and oxygen atoms in total. The molecular weight excluding hydrogens is 441 g/mol. The van der Waals surface area contributed by atoms with Gasteiger partial charge in [-0.25, -0.2) is 4.39 Å². The number of alkyl halides is 1. The maximum Gasteiger partial charge on any atom is 0.224 e. The lowest BCUT2D eigenvalue weighted by Gasteiger charge is -2.20. The lowest BCUT2D eigenvalue weighted by Crippen LogP contribution is -2.36. The Balaban J connectivity index is 1.55. The number of carbonyl (C=O) groups excluding carboxylic acids is 2. The Morgan fingerprint density at radius 1 is 1.11 bits per heavy atom. The molecule has 1 fully saturated rings. The average Bonchev–Trinajstić information content (AvgIpc) is 3.15. The molecular formula is C29H30FN3O2. The number of nitriles is 1. The van der Waals surface area contributed by atoms with E-state index in [2.05, 4.69) is 50.0 Å². The van der Waals surface area contributed by atoms with Crippen LogP contribution in [-0.2, 0) is 10.2 Å². The first-order chi connectivity index (χ1) is 16.5. The number of ketones is 1. The van der Waals surface area contributed by atoms with Gasteiger partial charge >= 0.3 is 0 Å². The predicted molar refractivity (Wildman–Crippen MR) is 135 cm³/mol. The first-order valence-electron chi connectivity index (χ1n) is 11.9. The number of amides is 1. The third-order valence-electron chi connectivity index (χ3n) is 6.66. The van der Waals surface area contributed by atoms with Crippen molar-refractivity contribution in [2.24, 2.45) is 0 Å². The zero-order valence-corrected chi connectivity index (χ0v) is 20.6. The van der Waals surface area contributed by atoms with Crippen molar-refractivity contribution < 1.29 is 14.0 Å². The molecule has 1 aliphatic rings. The van der Waals surface area contributed by atoms with Gasteiger partial charge in [-0.2, -0.15) is 5.26 Å². The van der Waals surface area contributed by atoms with Crippen LogP contribution >= 0.6 is 0 Å². The Hall–Kier alpha value is -3.59. The normalized spacial score (nSPS) is 20.1. The number of Topliss-reactive ketones (excluding diaryl/α,β-unsaturated/α-hetero) is 1. The molecule has 0 radical (unpaired) electrons. The summed E-state index contributed by atoms with van der Waals surface area (Å²) in [4.78, 5) is 31.5. The van der Waals surface area contributed by atoms with Crippen molar-refractivity contribution in [1.82, 2.24) is 9.88 Å². The molecule has 6 heteroatoms. The van der Waals surface area contributed by atoms with Gasteiger partial charge in [-0.05, 0) is 47.2 Å². The smallest absolute Gasteiger partial charge is 0.224 e. The number of carbonyl (C=O) groups is 2. The summed E-state index contributed by atoms with van der Waals surface area (Å²) in [6.07, 6.45) is 1.51.